The zero-order valence-electron chi connectivity index (χ0n) is 5.57. The smallest absolute Gasteiger partial charge is 0.111 e. The fraction of sp³-hybridized carbons (Fsp3) is 0.800. The molecule has 0 spiro atoms. The van der Waals surface area contributed by atoms with Crippen LogP contribution in [0.25, 0.3) is 0 Å². The van der Waals surface area contributed by atoms with Gasteiger partial charge in [-0.25, -0.2) is 0 Å². The topological polar surface area (TPSA) is 51.2 Å². The van der Waals surface area contributed by atoms with Crippen LogP contribution in [0.5, 0.6) is 0 Å². The summed E-state index contributed by atoms with van der Waals surface area (Å²) in [5, 5.41) is 10.4. The molecule has 4 heteroatoms. The van der Waals surface area contributed by atoms with E-state index < -0.39 is 0 Å². The third-order valence-corrected chi connectivity index (χ3v) is 0.951. The molecule has 1 aliphatic rings. The summed E-state index contributed by atoms with van der Waals surface area (Å²) < 4.78 is 0. The molecule has 0 aromatic carbocycles. The Labute approximate surface area is 54.0 Å². The van der Waals surface area contributed by atoms with E-state index in [-0.39, 0.29) is 0 Å². The molecule has 0 saturated heterocycles. The lowest BCUT2D eigenvalue weighted by Gasteiger charge is -1.98. The van der Waals surface area contributed by atoms with Gasteiger partial charge in [0.2, 0.25) is 0 Å². The maximum absolute atomic E-state index is 3.68. The maximum atomic E-state index is 3.68. The largest absolute Gasteiger partial charge is 0.177 e. The van der Waals surface area contributed by atoms with Crippen molar-refractivity contribution in [2.75, 3.05) is 0 Å². The maximum Gasteiger partial charge on any atom is 0.177 e. The van der Waals surface area contributed by atoms with Crippen molar-refractivity contribution in [3.63, 3.8) is 0 Å². The van der Waals surface area contributed by atoms with E-state index in [1.54, 1.807) is 0 Å². The molecule has 1 heterocycles. The Morgan fingerprint density at radius 2 is 2.11 bits per heavy atom. The fourth-order valence-electron chi connectivity index (χ4n) is 0.610. The van der Waals surface area contributed by atoms with Gasteiger partial charge in [0.1, 0.15) is 0 Å². The average molecular weight is 125 g/mol. The molecule has 9 heavy (non-hydrogen) atoms. The summed E-state index contributed by atoms with van der Waals surface area (Å²) in [6.45, 7) is 4.22. The molecule has 0 amide bonds. The van der Waals surface area contributed by atoms with E-state index in [9.17, 15) is 0 Å². The zero-order valence-corrected chi connectivity index (χ0v) is 5.57. The normalized spacial score (nSPS) is 16.1. The Morgan fingerprint density at radius 3 is 2.56 bits per heavy atom. The molecule has 0 aromatic rings. The highest BCUT2D eigenvalue weighted by atomic mass is 15.6. The highest BCUT2D eigenvalue weighted by Gasteiger charge is 2.06. The van der Waals surface area contributed by atoms with Gasteiger partial charge < -0.3 is 0 Å². The van der Waals surface area contributed by atoms with Crippen molar-refractivity contribution in [2.24, 2.45) is 21.5 Å². The van der Waals surface area contributed by atoms with Crippen LogP contribution in [0.1, 0.15) is 20.3 Å². The Morgan fingerprint density at radius 1 is 1.33 bits per heavy atom. The van der Waals surface area contributed by atoms with E-state index in [4.69, 9.17) is 0 Å². The van der Waals surface area contributed by atoms with Crippen LogP contribution in [0.2, 0.25) is 0 Å². The van der Waals surface area contributed by atoms with Crippen molar-refractivity contribution >= 4 is 5.84 Å². The van der Waals surface area contributed by atoms with Gasteiger partial charge >= 0.3 is 0 Å². The monoisotopic (exact) mass is 125 g/mol. The third-order valence-electron chi connectivity index (χ3n) is 0.951. The first-order valence-corrected chi connectivity index (χ1v) is 2.96. The summed E-state index contributed by atoms with van der Waals surface area (Å²) in [5.41, 5.74) is 3.68. The number of amidine groups is 1. The summed E-state index contributed by atoms with van der Waals surface area (Å²) in [6.07, 6.45) is 0.868. The number of hydrogen-bond acceptors (Lipinski definition) is 3. The predicted molar refractivity (Wildman–Crippen MR) is 33.9 cm³/mol. The number of rotatable bonds is 2. The number of nitrogens with zero attached hydrogens (tertiary/aromatic N) is 4. The van der Waals surface area contributed by atoms with Crippen molar-refractivity contribution in [1.82, 2.24) is 5.43 Å². The van der Waals surface area contributed by atoms with Crippen LogP contribution >= 0.6 is 0 Å². The fourth-order valence-corrected chi connectivity index (χ4v) is 0.610. The summed E-state index contributed by atoms with van der Waals surface area (Å²) in [4.78, 5) is 0. The lowest BCUT2D eigenvalue weighted by Crippen LogP contribution is -2.08. The first kappa shape index (κ1) is 6.19. The minimum Gasteiger partial charge on any atom is -0.111 e. The average Bonchev–Trinajstić information content (AvgIpc) is 2.15. The highest BCUT2D eigenvalue weighted by Crippen LogP contribution is 2.03. The van der Waals surface area contributed by atoms with Gasteiger partial charge in [-0.2, -0.15) is 0 Å². The van der Waals surface area contributed by atoms with Gasteiger partial charge in [0.05, 0.1) is 0 Å². The molecule has 0 aliphatic carbocycles. The molecule has 1 aliphatic heterocycles. The lowest BCUT2D eigenvalue weighted by atomic mass is 10.1. The predicted octanol–water partition coefficient (Wildman–Crippen LogP) is 1.33. The molecule has 0 unspecified atom stereocenters. The molecule has 0 atom stereocenters. The molecule has 0 N–H and O–H groups in total. The van der Waals surface area contributed by atoms with Gasteiger partial charge in [-0.3, -0.25) is 0 Å². The molecule has 0 fully saturated rings. The Bertz CT molecular complexity index is 147. The molecule has 1 radical (unpaired) electrons. The van der Waals surface area contributed by atoms with E-state index in [1.165, 1.54) is 0 Å². The SMILES string of the molecule is CC(C)CC1=NN=N[N]1. The molecule has 4 nitrogen and oxygen atoms in total. The minimum atomic E-state index is 0.580. The Balaban J connectivity index is 2.30. The molecule has 0 saturated carbocycles. The second-order valence-corrected chi connectivity index (χ2v) is 2.39. The molecular weight excluding hydrogens is 116 g/mol. The van der Waals surface area contributed by atoms with Crippen LogP contribution in [0.3, 0.4) is 0 Å². The van der Waals surface area contributed by atoms with Crippen molar-refractivity contribution < 1.29 is 0 Å². The highest BCUT2D eigenvalue weighted by molar-refractivity contribution is 5.82. The third kappa shape index (κ3) is 1.79. The quantitative estimate of drug-likeness (QED) is 0.534. The van der Waals surface area contributed by atoms with Crippen LogP contribution in [-0.2, 0) is 0 Å². The van der Waals surface area contributed by atoms with Crippen LogP contribution in [0.4, 0.5) is 0 Å². The van der Waals surface area contributed by atoms with Crippen molar-refractivity contribution in [2.45, 2.75) is 20.3 Å². The first-order chi connectivity index (χ1) is 4.29. The van der Waals surface area contributed by atoms with Gasteiger partial charge in [-0.05, 0) is 16.4 Å². The van der Waals surface area contributed by atoms with E-state index in [0.29, 0.717) is 5.92 Å². The lowest BCUT2D eigenvalue weighted by molar-refractivity contribution is 0.672. The first-order valence-electron chi connectivity index (χ1n) is 2.96. The van der Waals surface area contributed by atoms with Gasteiger partial charge in [0.15, 0.2) is 5.84 Å². The summed E-state index contributed by atoms with van der Waals surface area (Å²) in [5.74, 6) is 1.32. The molecule has 49 valence electrons. The van der Waals surface area contributed by atoms with E-state index in [0.717, 1.165) is 12.3 Å². The minimum absolute atomic E-state index is 0.580. The number of hydrogen-bond donors (Lipinski definition) is 0. The molecular formula is C5H9N4. The van der Waals surface area contributed by atoms with Crippen LogP contribution < -0.4 is 5.43 Å². The second kappa shape index (κ2) is 2.57. The molecule has 0 aromatic heterocycles. The van der Waals surface area contributed by atoms with Crippen LogP contribution in [0.15, 0.2) is 15.5 Å². The van der Waals surface area contributed by atoms with Crippen molar-refractivity contribution in [3.05, 3.63) is 0 Å². The molecule has 1 rings (SSSR count). The summed E-state index contributed by atoms with van der Waals surface area (Å²) in [6, 6.07) is 0. The summed E-state index contributed by atoms with van der Waals surface area (Å²) >= 11 is 0. The zero-order chi connectivity index (χ0) is 6.69. The Kier molecular flexibility index (Phi) is 1.77. The van der Waals surface area contributed by atoms with Crippen molar-refractivity contribution in [1.29, 1.82) is 0 Å². The van der Waals surface area contributed by atoms with Crippen LogP contribution in [-0.4, -0.2) is 5.84 Å². The second-order valence-electron chi connectivity index (χ2n) is 2.39. The van der Waals surface area contributed by atoms with E-state index in [1.807, 2.05) is 0 Å². The van der Waals surface area contributed by atoms with Gasteiger partial charge in [0, 0.05) is 6.42 Å². The van der Waals surface area contributed by atoms with E-state index in [2.05, 4.69) is 34.8 Å². The molecule has 0 bridgehead atoms. The van der Waals surface area contributed by atoms with Gasteiger partial charge in [0.25, 0.3) is 0 Å². The standard InChI is InChI=1S/C5H9N4/c1-4(2)3-5-6-8-9-7-5/h4H,3H2,1-2H3. The van der Waals surface area contributed by atoms with E-state index >= 15 is 0 Å². The van der Waals surface area contributed by atoms with Gasteiger partial charge in [-0.1, -0.05) is 13.8 Å². The Hall–Kier alpha value is -0.930. The van der Waals surface area contributed by atoms with Crippen molar-refractivity contribution in [3.8, 4) is 0 Å². The summed E-state index contributed by atoms with van der Waals surface area (Å²) in [7, 11) is 0. The van der Waals surface area contributed by atoms with Crippen LogP contribution in [0, 0.1) is 5.92 Å². The van der Waals surface area contributed by atoms with Gasteiger partial charge in [-0.15, -0.1) is 10.5 Å².